The van der Waals surface area contributed by atoms with Gasteiger partial charge >= 0.3 is 6.18 Å². The Balaban J connectivity index is 1.35. The van der Waals surface area contributed by atoms with E-state index in [9.17, 15) is 22.8 Å². The first-order valence-electron chi connectivity index (χ1n) is 13.3. The van der Waals surface area contributed by atoms with Crippen molar-refractivity contribution in [3.8, 4) is 0 Å². The highest BCUT2D eigenvalue weighted by atomic mass is 19.4. The summed E-state index contributed by atoms with van der Waals surface area (Å²) in [6.45, 7) is 6.58. The maximum atomic E-state index is 13.6. The highest BCUT2D eigenvalue weighted by Crippen LogP contribution is 2.35. The van der Waals surface area contributed by atoms with Crippen LogP contribution in [0.4, 0.5) is 30.7 Å². The summed E-state index contributed by atoms with van der Waals surface area (Å²) in [4.78, 5) is 36.6. The smallest absolute Gasteiger partial charge is 0.417 e. The Morgan fingerprint density at radius 1 is 1.11 bits per heavy atom. The molecular weight excluding hydrogens is 501 g/mol. The van der Waals surface area contributed by atoms with Crippen LogP contribution in [0.5, 0.6) is 0 Å². The number of carbonyl (C=O) groups is 2. The number of hydrogen-bond acceptors (Lipinski definition) is 7. The molecular formula is C26H35F3N6O3. The van der Waals surface area contributed by atoms with Crippen molar-refractivity contribution in [1.29, 1.82) is 0 Å². The molecule has 0 radical (unpaired) electrons. The zero-order valence-electron chi connectivity index (χ0n) is 21.8. The van der Waals surface area contributed by atoms with E-state index >= 15 is 0 Å². The van der Waals surface area contributed by atoms with Crippen LogP contribution >= 0.6 is 0 Å². The monoisotopic (exact) mass is 536 g/mol. The zero-order valence-corrected chi connectivity index (χ0v) is 21.8. The predicted octanol–water partition coefficient (Wildman–Crippen LogP) is 4.85. The number of pyridine rings is 1. The maximum absolute atomic E-state index is 13.6. The van der Waals surface area contributed by atoms with E-state index in [4.69, 9.17) is 4.42 Å². The Bertz CT molecular complexity index is 1090. The van der Waals surface area contributed by atoms with E-state index in [2.05, 4.69) is 25.5 Å². The summed E-state index contributed by atoms with van der Waals surface area (Å²) in [5.41, 5.74) is -1.08. The largest absolute Gasteiger partial charge is 0.437 e. The van der Waals surface area contributed by atoms with E-state index < -0.39 is 23.5 Å². The van der Waals surface area contributed by atoms with Gasteiger partial charge in [0.25, 0.3) is 11.9 Å². The van der Waals surface area contributed by atoms with Crippen LogP contribution in [0.25, 0.3) is 0 Å². The number of amides is 2. The molecule has 2 aromatic heterocycles. The van der Waals surface area contributed by atoms with Crippen LogP contribution < -0.4 is 20.4 Å². The molecule has 0 bridgehead atoms. The van der Waals surface area contributed by atoms with Gasteiger partial charge in [-0.2, -0.15) is 18.2 Å². The third-order valence-electron chi connectivity index (χ3n) is 7.16. The number of nitrogens with one attached hydrogen (secondary N) is 2. The van der Waals surface area contributed by atoms with E-state index in [0.717, 1.165) is 51.6 Å². The number of piperidine rings is 2. The topological polar surface area (TPSA) is 104 Å². The number of oxazole rings is 1. The quantitative estimate of drug-likeness (QED) is 0.497. The molecule has 1 unspecified atom stereocenters. The maximum Gasteiger partial charge on any atom is 0.437 e. The summed E-state index contributed by atoms with van der Waals surface area (Å²) >= 11 is 0. The molecule has 9 nitrogen and oxygen atoms in total. The van der Waals surface area contributed by atoms with Crippen molar-refractivity contribution < 1.29 is 27.2 Å². The van der Waals surface area contributed by atoms with Crippen molar-refractivity contribution in [2.24, 2.45) is 5.92 Å². The second-order valence-electron chi connectivity index (χ2n) is 10.1. The Labute approximate surface area is 220 Å². The number of nitrogens with zero attached hydrogens (tertiary/aromatic N) is 4. The molecule has 0 saturated carbocycles. The van der Waals surface area contributed by atoms with Crippen LogP contribution in [0.15, 0.2) is 22.7 Å². The van der Waals surface area contributed by atoms with Gasteiger partial charge in [0.05, 0.1) is 11.9 Å². The molecule has 0 spiro atoms. The average Bonchev–Trinajstić information content (AvgIpc) is 3.37. The van der Waals surface area contributed by atoms with Crippen LogP contribution in [0.3, 0.4) is 0 Å². The number of rotatable bonds is 8. The van der Waals surface area contributed by atoms with Crippen LogP contribution in [-0.4, -0.2) is 54.0 Å². The summed E-state index contributed by atoms with van der Waals surface area (Å²) in [7, 11) is 0. The van der Waals surface area contributed by atoms with Crippen molar-refractivity contribution >= 4 is 29.3 Å². The molecule has 2 aliphatic rings. The van der Waals surface area contributed by atoms with Crippen molar-refractivity contribution in [2.45, 2.75) is 71.0 Å². The lowest BCUT2D eigenvalue weighted by Gasteiger charge is -2.32. The number of alkyl halides is 3. The van der Waals surface area contributed by atoms with Crippen molar-refractivity contribution in [1.82, 2.24) is 15.3 Å². The second kappa shape index (κ2) is 12.0. The number of halogens is 3. The highest BCUT2D eigenvalue weighted by Gasteiger charge is 2.42. The fourth-order valence-corrected chi connectivity index (χ4v) is 4.77. The molecule has 2 aliphatic heterocycles. The molecule has 38 heavy (non-hydrogen) atoms. The zero-order chi connectivity index (χ0) is 27.3. The first-order chi connectivity index (χ1) is 18.1. The average molecular weight is 537 g/mol. The minimum absolute atomic E-state index is 0.0829. The van der Waals surface area contributed by atoms with E-state index in [1.54, 1.807) is 17.0 Å². The van der Waals surface area contributed by atoms with Crippen molar-refractivity contribution in [3.05, 3.63) is 29.8 Å². The number of anilines is 3. The number of hydrogen-bond donors (Lipinski definition) is 2. The van der Waals surface area contributed by atoms with Gasteiger partial charge in [-0.15, -0.1) is 0 Å². The summed E-state index contributed by atoms with van der Waals surface area (Å²) in [6.07, 6.45) is 2.36. The van der Waals surface area contributed by atoms with Gasteiger partial charge in [0.2, 0.25) is 11.7 Å². The van der Waals surface area contributed by atoms with E-state index in [1.165, 1.54) is 6.20 Å². The van der Waals surface area contributed by atoms with Crippen LogP contribution in [-0.2, 0) is 11.0 Å². The lowest BCUT2D eigenvalue weighted by Crippen LogP contribution is -2.38. The van der Waals surface area contributed by atoms with Gasteiger partial charge in [0, 0.05) is 38.6 Å². The van der Waals surface area contributed by atoms with E-state index in [1.807, 2.05) is 13.8 Å². The van der Waals surface area contributed by atoms with Gasteiger partial charge in [-0.25, -0.2) is 4.98 Å². The molecule has 0 aromatic carbocycles. The molecule has 2 saturated heterocycles. The Hall–Kier alpha value is -3.31. The summed E-state index contributed by atoms with van der Waals surface area (Å²) < 4.78 is 46.1. The molecule has 1 atom stereocenters. The Morgan fingerprint density at radius 3 is 2.42 bits per heavy atom. The van der Waals surface area contributed by atoms with E-state index in [0.29, 0.717) is 31.2 Å². The number of carbonyl (C=O) groups excluding carboxylic acids is 2. The Kier molecular flexibility index (Phi) is 8.78. The molecule has 2 fully saturated rings. The Morgan fingerprint density at radius 2 is 1.82 bits per heavy atom. The van der Waals surface area contributed by atoms with Gasteiger partial charge in [0.15, 0.2) is 5.69 Å². The molecule has 208 valence electrons. The van der Waals surface area contributed by atoms with Gasteiger partial charge in [-0.05, 0) is 63.5 Å². The molecule has 2 N–H and O–H groups in total. The normalized spacial score (nSPS) is 17.8. The minimum atomic E-state index is -4.83. The van der Waals surface area contributed by atoms with Gasteiger partial charge in [-0.1, -0.05) is 6.92 Å². The third kappa shape index (κ3) is 6.96. The van der Waals surface area contributed by atoms with Gasteiger partial charge in [-0.3, -0.25) is 9.59 Å². The van der Waals surface area contributed by atoms with Crippen LogP contribution in [0.2, 0.25) is 0 Å². The first-order valence-corrected chi connectivity index (χ1v) is 13.3. The lowest BCUT2D eigenvalue weighted by molar-refractivity contribution is -0.141. The SMILES string of the molecule is CCC(C)NC(=O)CC1CCN(c2ccc(NC(=O)c3oc(N4CCCCC4)nc3C(F)(F)F)cn2)CC1. The molecule has 4 heterocycles. The summed E-state index contributed by atoms with van der Waals surface area (Å²) in [6, 6.07) is 3.31. The number of aromatic nitrogens is 2. The lowest BCUT2D eigenvalue weighted by atomic mass is 9.93. The summed E-state index contributed by atoms with van der Waals surface area (Å²) in [5, 5.41) is 5.46. The van der Waals surface area contributed by atoms with Crippen molar-refractivity contribution in [3.63, 3.8) is 0 Å². The molecule has 4 rings (SSSR count). The standard InChI is InChI=1S/C26H35F3N6O3/c1-3-17(2)31-21(36)15-18-9-13-34(14-10-18)20-8-7-19(16-30-20)32-24(37)22-23(26(27,28)29)33-25(38-22)35-11-5-4-6-12-35/h7-8,16-18H,3-6,9-15H2,1-2H3,(H,31,36)(H,32,37). The minimum Gasteiger partial charge on any atom is -0.417 e. The fourth-order valence-electron chi connectivity index (χ4n) is 4.77. The predicted molar refractivity (Wildman–Crippen MR) is 137 cm³/mol. The fraction of sp³-hybridized carbons (Fsp3) is 0.615. The molecule has 2 aromatic rings. The second-order valence-corrected chi connectivity index (χ2v) is 10.1. The van der Waals surface area contributed by atoms with Crippen molar-refractivity contribution in [2.75, 3.05) is 41.3 Å². The molecule has 2 amide bonds. The third-order valence-corrected chi connectivity index (χ3v) is 7.16. The highest BCUT2D eigenvalue weighted by molar-refractivity contribution is 6.03. The molecule has 0 aliphatic carbocycles. The van der Waals surface area contributed by atoms with Gasteiger partial charge in [0.1, 0.15) is 5.82 Å². The summed E-state index contributed by atoms with van der Waals surface area (Å²) in [5.74, 6) is -0.790. The van der Waals surface area contributed by atoms with Crippen LogP contribution in [0.1, 0.15) is 75.0 Å². The van der Waals surface area contributed by atoms with Gasteiger partial charge < -0.3 is 24.9 Å². The van der Waals surface area contributed by atoms with Crippen LogP contribution in [0, 0.1) is 5.92 Å². The molecule has 12 heteroatoms. The van der Waals surface area contributed by atoms with E-state index in [-0.39, 0.29) is 23.7 Å². The first kappa shape index (κ1) is 27.7.